The Labute approximate surface area is 165 Å². The number of rotatable bonds is 7. The Morgan fingerprint density at radius 1 is 1.07 bits per heavy atom. The van der Waals surface area contributed by atoms with E-state index in [0.717, 1.165) is 35.6 Å². The van der Waals surface area contributed by atoms with Crippen molar-refractivity contribution in [2.75, 3.05) is 6.61 Å². The number of allylic oxidation sites excluding steroid dienone is 2. The fourth-order valence-electron chi connectivity index (χ4n) is 3.57. The third-order valence-electron chi connectivity index (χ3n) is 5.20. The Kier molecular flexibility index (Phi) is 5.42. The molecule has 0 radical (unpaired) electrons. The summed E-state index contributed by atoms with van der Waals surface area (Å²) in [6.45, 7) is 3.04. The van der Waals surface area contributed by atoms with Crippen LogP contribution in [0.4, 0.5) is 0 Å². The van der Waals surface area contributed by atoms with Gasteiger partial charge >= 0.3 is 0 Å². The van der Waals surface area contributed by atoms with Crippen molar-refractivity contribution < 1.29 is 14.3 Å². The lowest BCUT2D eigenvalue weighted by atomic mass is 9.74. The second kappa shape index (κ2) is 8.30. The number of ether oxygens (including phenoxy) is 2. The summed E-state index contributed by atoms with van der Waals surface area (Å²) in [5.41, 5.74) is 5.34. The topological polar surface area (TPSA) is 59.9 Å². The summed E-state index contributed by atoms with van der Waals surface area (Å²) in [6, 6.07) is 14.9. The zero-order valence-electron chi connectivity index (χ0n) is 15.9. The van der Waals surface area contributed by atoms with E-state index in [2.05, 4.69) is 22.7 Å². The van der Waals surface area contributed by atoms with Gasteiger partial charge in [-0.1, -0.05) is 24.3 Å². The predicted octanol–water partition coefficient (Wildman–Crippen LogP) is 4.35. The molecule has 0 aromatic heterocycles. The summed E-state index contributed by atoms with van der Waals surface area (Å²) in [6.07, 6.45) is 6.52. The second-order valence-electron chi connectivity index (χ2n) is 7.09. The van der Waals surface area contributed by atoms with Crippen LogP contribution in [0.2, 0.25) is 0 Å². The van der Waals surface area contributed by atoms with Gasteiger partial charge in [0.15, 0.2) is 0 Å². The summed E-state index contributed by atoms with van der Waals surface area (Å²) in [7, 11) is 0. The highest BCUT2D eigenvalue weighted by Crippen LogP contribution is 2.40. The average Bonchev–Trinajstić information content (AvgIpc) is 3.09. The number of fused-ring (bicyclic) bond motifs is 1. The van der Waals surface area contributed by atoms with Crippen molar-refractivity contribution >= 4 is 11.6 Å². The predicted molar refractivity (Wildman–Crippen MR) is 109 cm³/mol. The van der Waals surface area contributed by atoms with Crippen molar-refractivity contribution in [2.45, 2.75) is 26.4 Å². The zero-order valence-corrected chi connectivity index (χ0v) is 15.9. The fraction of sp³-hybridized carbons (Fsp3) is 0.304. The van der Waals surface area contributed by atoms with Gasteiger partial charge in [0, 0.05) is 17.2 Å². The van der Waals surface area contributed by atoms with Gasteiger partial charge in [-0.15, -0.1) is 0 Å². The molecule has 5 nitrogen and oxygen atoms in total. The van der Waals surface area contributed by atoms with Crippen molar-refractivity contribution in [1.29, 1.82) is 0 Å². The van der Waals surface area contributed by atoms with Crippen molar-refractivity contribution in [3.63, 3.8) is 0 Å². The molecule has 0 spiro atoms. The molecule has 0 saturated heterocycles. The van der Waals surface area contributed by atoms with Gasteiger partial charge in [0.05, 0.1) is 6.61 Å². The molecule has 1 saturated carbocycles. The summed E-state index contributed by atoms with van der Waals surface area (Å²) in [5.74, 6) is 2.56. The molecule has 0 aliphatic heterocycles. The number of carbonyl (C=O) groups excluding carboxylic acids is 1. The third kappa shape index (κ3) is 4.09. The fourth-order valence-corrected chi connectivity index (χ4v) is 3.57. The number of nitrogens with one attached hydrogen (secondary N) is 1. The zero-order chi connectivity index (χ0) is 19.3. The Bertz CT molecular complexity index is 885. The standard InChI is InChI=1S/C23H24N2O3/c1-2-27-19-10-12-20(13-11-19)28-15-16-6-8-17(9-7-16)23(26)25-24-22-14-18-4-3-5-21(18)22/h3,5-13,18,21H,2,4,14-15H2,1H3,(H,25,26). The number of amides is 1. The van der Waals surface area contributed by atoms with E-state index in [4.69, 9.17) is 9.47 Å². The molecule has 28 heavy (non-hydrogen) atoms. The third-order valence-corrected chi connectivity index (χ3v) is 5.20. The summed E-state index contributed by atoms with van der Waals surface area (Å²) < 4.78 is 11.2. The number of hydrogen-bond acceptors (Lipinski definition) is 4. The van der Waals surface area contributed by atoms with Crippen LogP contribution in [0.15, 0.2) is 65.8 Å². The van der Waals surface area contributed by atoms with E-state index in [9.17, 15) is 4.79 Å². The molecule has 2 atom stereocenters. The number of benzene rings is 2. The van der Waals surface area contributed by atoms with Gasteiger partial charge in [-0.3, -0.25) is 4.79 Å². The maximum atomic E-state index is 12.3. The van der Waals surface area contributed by atoms with Crippen molar-refractivity contribution in [2.24, 2.45) is 16.9 Å². The average molecular weight is 376 g/mol. The molecule has 2 unspecified atom stereocenters. The first-order valence-electron chi connectivity index (χ1n) is 9.71. The minimum atomic E-state index is -0.183. The van der Waals surface area contributed by atoms with Crippen LogP contribution in [0.5, 0.6) is 11.5 Å². The molecule has 1 amide bonds. The molecular formula is C23H24N2O3. The quantitative estimate of drug-likeness (QED) is 0.577. The monoisotopic (exact) mass is 376 g/mol. The number of hydrazone groups is 1. The first-order valence-corrected chi connectivity index (χ1v) is 9.71. The maximum absolute atomic E-state index is 12.3. The highest BCUT2D eigenvalue weighted by molar-refractivity contribution is 5.98. The summed E-state index contributed by atoms with van der Waals surface area (Å²) in [4.78, 5) is 12.3. The molecular weight excluding hydrogens is 352 g/mol. The molecule has 2 aliphatic carbocycles. The summed E-state index contributed by atoms with van der Waals surface area (Å²) >= 11 is 0. The van der Waals surface area contributed by atoms with Crippen molar-refractivity contribution in [1.82, 2.24) is 5.43 Å². The molecule has 2 aromatic rings. The van der Waals surface area contributed by atoms with Gasteiger partial charge in [0.2, 0.25) is 0 Å². The Hall–Kier alpha value is -3.08. The SMILES string of the molecule is CCOc1ccc(OCc2ccc(C(=O)NN=C3CC4CC=CC34)cc2)cc1. The summed E-state index contributed by atoms with van der Waals surface area (Å²) in [5, 5.41) is 4.30. The van der Waals surface area contributed by atoms with E-state index in [1.165, 1.54) is 0 Å². The minimum absolute atomic E-state index is 0.183. The molecule has 2 aliphatic rings. The Morgan fingerprint density at radius 3 is 2.46 bits per heavy atom. The van der Waals surface area contributed by atoms with Crippen LogP contribution in [0.1, 0.15) is 35.7 Å². The first-order chi connectivity index (χ1) is 13.7. The number of nitrogens with zero attached hydrogens (tertiary/aromatic N) is 1. The van der Waals surface area contributed by atoms with Gasteiger partial charge in [-0.2, -0.15) is 5.10 Å². The molecule has 1 fully saturated rings. The highest BCUT2D eigenvalue weighted by atomic mass is 16.5. The van der Waals surface area contributed by atoms with Gasteiger partial charge in [-0.25, -0.2) is 5.43 Å². The number of hydrogen-bond donors (Lipinski definition) is 1. The van der Waals surface area contributed by atoms with E-state index in [1.807, 2.05) is 43.3 Å². The maximum Gasteiger partial charge on any atom is 0.271 e. The molecule has 144 valence electrons. The van der Waals surface area contributed by atoms with Crippen LogP contribution in [-0.2, 0) is 6.61 Å². The van der Waals surface area contributed by atoms with Crippen LogP contribution >= 0.6 is 0 Å². The lowest BCUT2D eigenvalue weighted by Crippen LogP contribution is -2.35. The van der Waals surface area contributed by atoms with E-state index in [1.54, 1.807) is 12.1 Å². The van der Waals surface area contributed by atoms with Crippen LogP contribution in [0, 0.1) is 11.8 Å². The smallest absolute Gasteiger partial charge is 0.271 e. The normalized spacial score (nSPS) is 21.1. The number of carbonyl (C=O) groups is 1. The van der Waals surface area contributed by atoms with Crippen molar-refractivity contribution in [3.8, 4) is 11.5 Å². The highest BCUT2D eigenvalue weighted by Gasteiger charge is 2.37. The van der Waals surface area contributed by atoms with Crippen LogP contribution in [0.3, 0.4) is 0 Å². The first kappa shape index (κ1) is 18.3. The molecule has 0 bridgehead atoms. The van der Waals surface area contributed by atoms with E-state index >= 15 is 0 Å². The van der Waals surface area contributed by atoms with Crippen molar-refractivity contribution in [3.05, 3.63) is 71.8 Å². The molecule has 1 N–H and O–H groups in total. The van der Waals surface area contributed by atoms with Crippen LogP contribution < -0.4 is 14.9 Å². The van der Waals surface area contributed by atoms with Gasteiger partial charge in [0.1, 0.15) is 18.1 Å². The molecule has 2 aromatic carbocycles. The molecule has 0 heterocycles. The Morgan fingerprint density at radius 2 is 1.79 bits per heavy atom. The molecule has 5 heteroatoms. The van der Waals surface area contributed by atoms with Crippen LogP contribution in [0.25, 0.3) is 0 Å². The van der Waals surface area contributed by atoms with E-state index in [-0.39, 0.29) is 5.91 Å². The molecule has 4 rings (SSSR count). The van der Waals surface area contributed by atoms with Gasteiger partial charge in [0.25, 0.3) is 5.91 Å². The van der Waals surface area contributed by atoms with E-state index in [0.29, 0.717) is 30.6 Å². The second-order valence-corrected chi connectivity index (χ2v) is 7.09. The largest absolute Gasteiger partial charge is 0.494 e. The van der Waals surface area contributed by atoms with E-state index < -0.39 is 0 Å². The lowest BCUT2D eigenvalue weighted by Gasteiger charge is -2.31. The Balaban J connectivity index is 1.28. The minimum Gasteiger partial charge on any atom is -0.494 e. The van der Waals surface area contributed by atoms with Gasteiger partial charge < -0.3 is 9.47 Å². The van der Waals surface area contributed by atoms with Gasteiger partial charge in [-0.05, 0) is 67.6 Å². The lowest BCUT2D eigenvalue weighted by molar-refractivity contribution is 0.0954. The van der Waals surface area contributed by atoms with Crippen LogP contribution in [-0.4, -0.2) is 18.2 Å².